The fourth-order valence-electron chi connectivity index (χ4n) is 2.34. The lowest BCUT2D eigenvalue weighted by molar-refractivity contribution is -0.0671. The number of ether oxygens (including phenoxy) is 1. The molecule has 96 valence electrons. The monoisotopic (exact) mass is 256 g/mol. The van der Waals surface area contributed by atoms with E-state index in [1.807, 2.05) is 6.92 Å². The number of hydrogen-bond acceptors (Lipinski definition) is 5. The van der Waals surface area contributed by atoms with E-state index in [9.17, 15) is 5.11 Å². The predicted octanol–water partition coefficient (Wildman–Crippen LogP) is 0.830. The number of aliphatic hydroxyl groups excluding tert-OH is 1. The Morgan fingerprint density at radius 2 is 2.53 bits per heavy atom. The number of nitrogens with zero attached hydrogens (tertiary/aromatic N) is 1. The topological polar surface area (TPSA) is 58.7 Å². The van der Waals surface area contributed by atoms with Crippen LogP contribution < -0.4 is 5.73 Å². The fourth-order valence-corrected chi connectivity index (χ4v) is 3.31. The summed E-state index contributed by atoms with van der Waals surface area (Å²) in [6.07, 6.45) is -0.0787. The minimum atomic E-state index is -0.0787. The smallest absolute Gasteiger partial charge is 0.0933 e. The summed E-state index contributed by atoms with van der Waals surface area (Å²) < 4.78 is 5.48. The van der Waals surface area contributed by atoms with E-state index in [1.54, 1.807) is 11.3 Å². The number of nitrogens with two attached hydrogens (primary N) is 1. The lowest BCUT2D eigenvalue weighted by Crippen LogP contribution is -2.49. The van der Waals surface area contributed by atoms with Crippen molar-refractivity contribution in [2.75, 3.05) is 26.3 Å². The standard InChI is InChI=1S/C12H20N2O2S/c1-9(13)12(11-3-2-6-17-11)14-4-5-16-10(7-14)8-15/h2-3,6,9-10,12,15H,4-5,7-8,13H2,1H3. The van der Waals surface area contributed by atoms with Crippen LogP contribution in [0.3, 0.4) is 0 Å². The minimum absolute atomic E-state index is 0.0751. The molecule has 1 aliphatic rings. The molecule has 3 N–H and O–H groups in total. The third kappa shape index (κ3) is 3.05. The molecule has 0 aromatic carbocycles. The second-order valence-electron chi connectivity index (χ2n) is 4.49. The Kier molecular flexibility index (Phi) is 4.53. The highest BCUT2D eigenvalue weighted by Gasteiger charge is 2.29. The Morgan fingerprint density at radius 1 is 1.71 bits per heavy atom. The number of thiophene rings is 1. The zero-order valence-corrected chi connectivity index (χ0v) is 10.9. The molecule has 4 nitrogen and oxygen atoms in total. The molecule has 0 saturated carbocycles. The van der Waals surface area contributed by atoms with E-state index >= 15 is 0 Å². The first kappa shape index (κ1) is 13.0. The molecule has 1 aromatic rings. The van der Waals surface area contributed by atoms with Crippen molar-refractivity contribution in [2.24, 2.45) is 5.73 Å². The molecule has 5 heteroatoms. The predicted molar refractivity (Wildman–Crippen MR) is 69.1 cm³/mol. The van der Waals surface area contributed by atoms with Crippen molar-refractivity contribution in [3.63, 3.8) is 0 Å². The van der Waals surface area contributed by atoms with Gasteiger partial charge in [0.1, 0.15) is 0 Å². The zero-order valence-electron chi connectivity index (χ0n) is 10.1. The largest absolute Gasteiger partial charge is 0.394 e. The van der Waals surface area contributed by atoms with Gasteiger partial charge < -0.3 is 15.6 Å². The Morgan fingerprint density at radius 3 is 3.12 bits per heavy atom. The maximum atomic E-state index is 9.18. The van der Waals surface area contributed by atoms with Gasteiger partial charge in [-0.2, -0.15) is 0 Å². The molecular formula is C12H20N2O2S. The van der Waals surface area contributed by atoms with Gasteiger partial charge in [0.05, 0.1) is 25.4 Å². The van der Waals surface area contributed by atoms with Crippen LogP contribution in [0.15, 0.2) is 17.5 Å². The summed E-state index contributed by atoms with van der Waals surface area (Å²) in [4.78, 5) is 3.61. The van der Waals surface area contributed by atoms with Crippen LogP contribution in [0.4, 0.5) is 0 Å². The van der Waals surface area contributed by atoms with Crippen molar-refractivity contribution in [1.82, 2.24) is 4.90 Å². The van der Waals surface area contributed by atoms with Crippen LogP contribution >= 0.6 is 11.3 Å². The van der Waals surface area contributed by atoms with Gasteiger partial charge in [-0.3, -0.25) is 4.90 Å². The molecule has 1 saturated heterocycles. The Balaban J connectivity index is 2.11. The Labute approximate surface area is 106 Å². The zero-order chi connectivity index (χ0) is 12.3. The lowest BCUT2D eigenvalue weighted by Gasteiger charge is -2.39. The summed E-state index contributed by atoms with van der Waals surface area (Å²) in [5, 5.41) is 11.3. The van der Waals surface area contributed by atoms with Gasteiger partial charge in [-0.25, -0.2) is 0 Å². The van der Waals surface area contributed by atoms with Crippen molar-refractivity contribution < 1.29 is 9.84 Å². The summed E-state index contributed by atoms with van der Waals surface area (Å²) in [6, 6.07) is 4.49. The van der Waals surface area contributed by atoms with Crippen LogP contribution in [0.2, 0.25) is 0 Å². The number of morpholine rings is 1. The number of aliphatic hydroxyl groups is 1. The first-order chi connectivity index (χ1) is 8.22. The van der Waals surface area contributed by atoms with Gasteiger partial charge >= 0.3 is 0 Å². The summed E-state index contributed by atoms with van der Waals surface area (Å²) >= 11 is 1.74. The van der Waals surface area contributed by atoms with Crippen LogP contribution in [0.1, 0.15) is 17.8 Å². The van der Waals surface area contributed by atoms with Gasteiger partial charge in [-0.15, -0.1) is 11.3 Å². The van der Waals surface area contributed by atoms with Crippen LogP contribution in [0, 0.1) is 0 Å². The molecule has 0 bridgehead atoms. The highest BCUT2D eigenvalue weighted by atomic mass is 32.1. The molecule has 0 spiro atoms. The molecule has 0 radical (unpaired) electrons. The molecule has 1 aliphatic heterocycles. The average molecular weight is 256 g/mol. The van der Waals surface area contributed by atoms with E-state index in [0.717, 1.165) is 13.1 Å². The number of hydrogen-bond donors (Lipinski definition) is 2. The average Bonchev–Trinajstić information content (AvgIpc) is 2.83. The highest BCUT2D eigenvalue weighted by Crippen LogP contribution is 2.28. The van der Waals surface area contributed by atoms with E-state index in [0.29, 0.717) is 6.61 Å². The molecule has 2 heterocycles. The summed E-state index contributed by atoms with van der Waals surface area (Å²) in [6.45, 7) is 4.40. The van der Waals surface area contributed by atoms with Crippen molar-refractivity contribution in [3.05, 3.63) is 22.4 Å². The molecular weight excluding hydrogens is 236 g/mol. The van der Waals surface area contributed by atoms with Gasteiger partial charge in [0.15, 0.2) is 0 Å². The van der Waals surface area contributed by atoms with E-state index < -0.39 is 0 Å². The van der Waals surface area contributed by atoms with Gasteiger partial charge in [0.25, 0.3) is 0 Å². The SMILES string of the molecule is CC(N)C(c1cccs1)N1CCOC(CO)C1. The first-order valence-corrected chi connectivity index (χ1v) is 6.86. The van der Waals surface area contributed by atoms with Crippen molar-refractivity contribution in [3.8, 4) is 0 Å². The van der Waals surface area contributed by atoms with Crippen LogP contribution in [-0.2, 0) is 4.74 Å². The normalized spacial score (nSPS) is 25.7. The van der Waals surface area contributed by atoms with Gasteiger partial charge in [0.2, 0.25) is 0 Å². The molecule has 17 heavy (non-hydrogen) atoms. The van der Waals surface area contributed by atoms with Gasteiger partial charge in [0, 0.05) is 24.0 Å². The third-order valence-corrected chi connectivity index (χ3v) is 4.04. The minimum Gasteiger partial charge on any atom is -0.394 e. The fraction of sp³-hybridized carbons (Fsp3) is 0.667. The molecule has 1 fully saturated rings. The van der Waals surface area contributed by atoms with E-state index in [4.69, 9.17) is 10.5 Å². The van der Waals surface area contributed by atoms with Crippen LogP contribution in [0.25, 0.3) is 0 Å². The molecule has 1 aromatic heterocycles. The maximum Gasteiger partial charge on any atom is 0.0933 e. The van der Waals surface area contributed by atoms with E-state index in [2.05, 4.69) is 22.4 Å². The van der Waals surface area contributed by atoms with E-state index in [-0.39, 0.29) is 24.8 Å². The van der Waals surface area contributed by atoms with Crippen LogP contribution in [0.5, 0.6) is 0 Å². The highest BCUT2D eigenvalue weighted by molar-refractivity contribution is 7.10. The van der Waals surface area contributed by atoms with Crippen molar-refractivity contribution in [2.45, 2.75) is 25.1 Å². The Bertz CT molecular complexity index is 329. The molecule has 0 amide bonds. The molecule has 2 rings (SSSR count). The second kappa shape index (κ2) is 5.93. The maximum absolute atomic E-state index is 9.18. The molecule has 0 aliphatic carbocycles. The molecule has 3 unspecified atom stereocenters. The summed E-state index contributed by atoms with van der Waals surface area (Å²) in [5.41, 5.74) is 6.11. The summed E-state index contributed by atoms with van der Waals surface area (Å²) in [5.74, 6) is 0. The van der Waals surface area contributed by atoms with Crippen LogP contribution in [-0.4, -0.2) is 48.5 Å². The Hall–Kier alpha value is -0.460. The lowest BCUT2D eigenvalue weighted by atomic mass is 10.1. The van der Waals surface area contributed by atoms with Gasteiger partial charge in [-0.1, -0.05) is 6.07 Å². The summed E-state index contributed by atoms with van der Waals surface area (Å²) in [7, 11) is 0. The second-order valence-corrected chi connectivity index (χ2v) is 5.47. The van der Waals surface area contributed by atoms with Crippen molar-refractivity contribution >= 4 is 11.3 Å². The number of rotatable bonds is 4. The third-order valence-electron chi connectivity index (χ3n) is 3.10. The van der Waals surface area contributed by atoms with Gasteiger partial charge in [-0.05, 0) is 18.4 Å². The first-order valence-electron chi connectivity index (χ1n) is 5.98. The molecule has 3 atom stereocenters. The van der Waals surface area contributed by atoms with Crippen molar-refractivity contribution in [1.29, 1.82) is 0 Å². The van der Waals surface area contributed by atoms with E-state index in [1.165, 1.54) is 4.88 Å². The quantitative estimate of drug-likeness (QED) is 0.838.